The Bertz CT molecular complexity index is 542. The summed E-state index contributed by atoms with van der Waals surface area (Å²) in [5.41, 5.74) is 5.94. The van der Waals surface area contributed by atoms with E-state index in [1.54, 1.807) is 12.1 Å². The minimum Gasteiger partial charge on any atom is -0.456 e. The van der Waals surface area contributed by atoms with Gasteiger partial charge in [0.1, 0.15) is 0 Å². The van der Waals surface area contributed by atoms with Crippen LogP contribution in [0.25, 0.3) is 0 Å². The van der Waals surface area contributed by atoms with E-state index in [-0.39, 0.29) is 18.0 Å². The molecule has 126 valence electrons. The number of benzene rings is 1. The van der Waals surface area contributed by atoms with Crippen LogP contribution in [0, 0.1) is 0 Å². The van der Waals surface area contributed by atoms with Crippen molar-refractivity contribution in [1.82, 2.24) is 0 Å². The molecule has 1 aromatic rings. The molecule has 0 aliphatic heterocycles. The van der Waals surface area contributed by atoms with Crippen LogP contribution in [0.3, 0.4) is 0 Å². The summed E-state index contributed by atoms with van der Waals surface area (Å²) < 4.78 is 4.83. The number of rotatable bonds is 10. The van der Waals surface area contributed by atoms with Crippen LogP contribution in [0.2, 0.25) is 5.02 Å². The lowest BCUT2D eigenvalue weighted by Crippen LogP contribution is -2.40. The molecule has 0 heterocycles. The fourth-order valence-corrected chi connectivity index (χ4v) is 2.08. The summed E-state index contributed by atoms with van der Waals surface area (Å²) in [5.74, 6) is -1.60. The maximum atomic E-state index is 11.9. The van der Waals surface area contributed by atoms with Crippen molar-refractivity contribution in [3.8, 4) is 0 Å². The van der Waals surface area contributed by atoms with Crippen LogP contribution in [-0.4, -0.2) is 30.2 Å². The molecule has 1 atom stereocenters. The van der Waals surface area contributed by atoms with E-state index in [2.05, 4.69) is 6.92 Å². The summed E-state index contributed by atoms with van der Waals surface area (Å²) >= 11 is 5.73. The van der Waals surface area contributed by atoms with E-state index in [9.17, 15) is 14.4 Å². The number of ether oxygens (including phenoxy) is 1. The Morgan fingerprint density at radius 1 is 1.13 bits per heavy atom. The lowest BCUT2D eigenvalue weighted by Gasteiger charge is -2.10. The van der Waals surface area contributed by atoms with Gasteiger partial charge in [0.25, 0.3) is 0 Å². The molecule has 0 bridgehead atoms. The number of carbonyl (C=O) groups excluding carboxylic acids is 3. The lowest BCUT2D eigenvalue weighted by molar-refractivity contribution is -0.147. The molecular formula is C17H22ClNO4. The molecule has 0 fully saturated rings. The third-order valence-electron chi connectivity index (χ3n) is 3.39. The van der Waals surface area contributed by atoms with Gasteiger partial charge in [0.2, 0.25) is 0 Å². The van der Waals surface area contributed by atoms with E-state index in [0.717, 1.165) is 19.3 Å². The lowest BCUT2D eigenvalue weighted by atomic mass is 10.1. The molecule has 1 unspecified atom stereocenters. The largest absolute Gasteiger partial charge is 0.456 e. The SMILES string of the molecule is CCCCCCC(=O)C(N)C(=O)OCC(=O)c1ccc(Cl)cc1. The van der Waals surface area contributed by atoms with Crippen LogP contribution < -0.4 is 5.73 Å². The fourth-order valence-electron chi connectivity index (χ4n) is 1.96. The van der Waals surface area contributed by atoms with Crippen molar-refractivity contribution in [2.24, 2.45) is 5.73 Å². The molecule has 0 spiro atoms. The Morgan fingerprint density at radius 3 is 2.39 bits per heavy atom. The second-order valence-corrected chi connectivity index (χ2v) is 5.73. The third-order valence-corrected chi connectivity index (χ3v) is 3.64. The van der Waals surface area contributed by atoms with Crippen LogP contribution in [0.4, 0.5) is 0 Å². The molecular weight excluding hydrogens is 318 g/mol. The Labute approximate surface area is 141 Å². The summed E-state index contributed by atoms with van der Waals surface area (Å²) in [6.45, 7) is 1.62. The molecule has 0 amide bonds. The number of Topliss-reactive ketones (excluding diaryl/α,β-unsaturated/α-hetero) is 2. The number of unbranched alkanes of at least 4 members (excludes halogenated alkanes) is 3. The quantitative estimate of drug-likeness (QED) is 0.306. The molecule has 0 aromatic heterocycles. The van der Waals surface area contributed by atoms with Gasteiger partial charge in [-0.25, -0.2) is 4.79 Å². The fraction of sp³-hybridized carbons (Fsp3) is 0.471. The molecule has 6 heteroatoms. The molecule has 5 nitrogen and oxygen atoms in total. The second-order valence-electron chi connectivity index (χ2n) is 5.29. The van der Waals surface area contributed by atoms with Crippen molar-refractivity contribution in [2.45, 2.75) is 45.1 Å². The van der Waals surface area contributed by atoms with Gasteiger partial charge < -0.3 is 10.5 Å². The van der Waals surface area contributed by atoms with Crippen molar-refractivity contribution in [3.63, 3.8) is 0 Å². The van der Waals surface area contributed by atoms with Gasteiger partial charge in [-0.05, 0) is 30.7 Å². The van der Waals surface area contributed by atoms with E-state index in [1.165, 1.54) is 12.1 Å². The minimum atomic E-state index is -1.32. The number of hydrogen-bond donors (Lipinski definition) is 1. The highest BCUT2D eigenvalue weighted by molar-refractivity contribution is 6.30. The first-order valence-electron chi connectivity index (χ1n) is 7.69. The van der Waals surface area contributed by atoms with E-state index in [4.69, 9.17) is 22.1 Å². The van der Waals surface area contributed by atoms with E-state index in [1.807, 2.05) is 0 Å². The molecule has 0 radical (unpaired) electrons. The van der Waals surface area contributed by atoms with Gasteiger partial charge in [0, 0.05) is 17.0 Å². The number of nitrogens with two attached hydrogens (primary N) is 1. The van der Waals surface area contributed by atoms with Crippen LogP contribution in [0.15, 0.2) is 24.3 Å². The molecule has 0 aliphatic carbocycles. The van der Waals surface area contributed by atoms with Crippen LogP contribution >= 0.6 is 11.6 Å². The molecule has 0 aliphatic rings. The Morgan fingerprint density at radius 2 is 1.78 bits per heavy atom. The van der Waals surface area contributed by atoms with Crippen molar-refractivity contribution in [3.05, 3.63) is 34.9 Å². The maximum Gasteiger partial charge on any atom is 0.331 e. The molecule has 1 rings (SSSR count). The van der Waals surface area contributed by atoms with Gasteiger partial charge in [0.05, 0.1) is 0 Å². The average molecular weight is 340 g/mol. The van der Waals surface area contributed by atoms with Gasteiger partial charge in [-0.3, -0.25) is 9.59 Å². The molecule has 1 aromatic carbocycles. The first kappa shape index (κ1) is 19.3. The van der Waals surface area contributed by atoms with Gasteiger partial charge in [-0.1, -0.05) is 37.8 Å². The normalized spacial score (nSPS) is 11.8. The Hall–Kier alpha value is -1.72. The third kappa shape index (κ3) is 6.93. The Balaban J connectivity index is 2.38. The van der Waals surface area contributed by atoms with Gasteiger partial charge in [-0.15, -0.1) is 0 Å². The number of ketones is 2. The maximum absolute atomic E-state index is 11.9. The first-order valence-corrected chi connectivity index (χ1v) is 8.07. The summed E-state index contributed by atoms with van der Waals surface area (Å²) in [4.78, 5) is 35.3. The van der Waals surface area contributed by atoms with E-state index in [0.29, 0.717) is 17.0 Å². The van der Waals surface area contributed by atoms with E-state index >= 15 is 0 Å². The van der Waals surface area contributed by atoms with E-state index < -0.39 is 18.6 Å². The number of halogens is 1. The van der Waals surface area contributed by atoms with Crippen LogP contribution in [-0.2, 0) is 14.3 Å². The van der Waals surface area contributed by atoms with Crippen molar-refractivity contribution >= 4 is 29.1 Å². The second kappa shape index (κ2) is 10.1. The van der Waals surface area contributed by atoms with Gasteiger partial charge in [0.15, 0.2) is 24.2 Å². The predicted molar refractivity (Wildman–Crippen MR) is 88.5 cm³/mol. The van der Waals surface area contributed by atoms with Crippen LogP contribution in [0.1, 0.15) is 49.4 Å². The average Bonchev–Trinajstić information content (AvgIpc) is 2.56. The van der Waals surface area contributed by atoms with Crippen LogP contribution in [0.5, 0.6) is 0 Å². The number of hydrogen-bond acceptors (Lipinski definition) is 5. The van der Waals surface area contributed by atoms with Gasteiger partial charge >= 0.3 is 5.97 Å². The summed E-state index contributed by atoms with van der Waals surface area (Å²) in [7, 11) is 0. The zero-order chi connectivity index (χ0) is 17.2. The van der Waals surface area contributed by atoms with Gasteiger partial charge in [-0.2, -0.15) is 0 Å². The van der Waals surface area contributed by atoms with Crippen molar-refractivity contribution in [2.75, 3.05) is 6.61 Å². The molecule has 23 heavy (non-hydrogen) atoms. The Kier molecular flexibility index (Phi) is 8.51. The number of carbonyl (C=O) groups is 3. The summed E-state index contributed by atoms with van der Waals surface area (Å²) in [5, 5.41) is 0.509. The minimum absolute atomic E-state index is 0.251. The monoisotopic (exact) mass is 339 g/mol. The zero-order valence-corrected chi connectivity index (χ0v) is 14.0. The predicted octanol–water partition coefficient (Wildman–Crippen LogP) is 2.93. The smallest absolute Gasteiger partial charge is 0.331 e. The number of esters is 1. The molecule has 0 saturated carbocycles. The van der Waals surface area contributed by atoms with Crippen molar-refractivity contribution < 1.29 is 19.1 Å². The highest BCUT2D eigenvalue weighted by atomic mass is 35.5. The highest BCUT2D eigenvalue weighted by Crippen LogP contribution is 2.10. The zero-order valence-electron chi connectivity index (χ0n) is 13.2. The topological polar surface area (TPSA) is 86.5 Å². The summed E-state index contributed by atoms with van der Waals surface area (Å²) in [6, 6.07) is 4.90. The first-order chi connectivity index (χ1) is 11.0. The highest BCUT2D eigenvalue weighted by Gasteiger charge is 2.23. The standard InChI is InChI=1S/C17H22ClNO4/c1-2-3-4-5-6-14(20)16(19)17(22)23-11-15(21)12-7-9-13(18)10-8-12/h7-10,16H,2-6,11,19H2,1H3. The molecule has 2 N–H and O–H groups in total. The van der Waals surface area contributed by atoms with Crippen molar-refractivity contribution in [1.29, 1.82) is 0 Å². The molecule has 0 saturated heterocycles. The summed E-state index contributed by atoms with van der Waals surface area (Å²) in [6.07, 6.45) is 4.00.